The number of hydroxylamine groups is 4. The van der Waals surface area contributed by atoms with Crippen LogP contribution >= 0.6 is 30.6 Å². The second-order valence-electron chi connectivity index (χ2n) is 8.40. The van der Waals surface area contributed by atoms with Gasteiger partial charge in [-0.2, -0.15) is 10.1 Å². The second kappa shape index (κ2) is 10.7. The molecule has 4 aliphatic rings. The lowest BCUT2D eigenvalue weighted by Crippen LogP contribution is -2.44. The van der Waals surface area contributed by atoms with Gasteiger partial charge >= 0.3 is 6.95 Å². The SMILES string of the molecule is Cl.O=P(Cl)(ON1CCC(N2CCCC2)CC1)ON1CCC(N2CCCC2)CC1. The van der Waals surface area contributed by atoms with Crippen LogP contribution in [-0.4, -0.2) is 84.4 Å². The summed E-state index contributed by atoms with van der Waals surface area (Å²) in [4.78, 5) is 5.16. The molecule has 4 aliphatic heterocycles. The molecule has 0 aliphatic carbocycles. The van der Waals surface area contributed by atoms with Gasteiger partial charge < -0.3 is 9.80 Å². The first-order valence-electron chi connectivity index (χ1n) is 10.8. The van der Waals surface area contributed by atoms with E-state index in [2.05, 4.69) is 9.80 Å². The van der Waals surface area contributed by atoms with Crippen molar-refractivity contribution in [3.05, 3.63) is 0 Å². The fourth-order valence-electron chi connectivity index (χ4n) is 5.08. The molecule has 0 amide bonds. The fraction of sp³-hybridized carbons (Fsp3) is 1.00. The van der Waals surface area contributed by atoms with E-state index in [4.69, 9.17) is 20.5 Å². The molecule has 4 saturated heterocycles. The molecule has 164 valence electrons. The van der Waals surface area contributed by atoms with Crippen molar-refractivity contribution in [1.29, 1.82) is 0 Å². The minimum atomic E-state index is -3.62. The van der Waals surface area contributed by atoms with Gasteiger partial charge in [0.05, 0.1) is 0 Å². The van der Waals surface area contributed by atoms with E-state index in [1.165, 1.54) is 51.9 Å². The van der Waals surface area contributed by atoms with Crippen molar-refractivity contribution in [3.8, 4) is 0 Å². The zero-order valence-electron chi connectivity index (χ0n) is 16.7. The summed E-state index contributed by atoms with van der Waals surface area (Å²) in [6.07, 6.45) is 9.42. The monoisotopic (exact) mass is 456 g/mol. The Morgan fingerprint density at radius 1 is 0.643 bits per heavy atom. The third-order valence-corrected chi connectivity index (χ3v) is 7.81. The smallest absolute Gasteiger partial charge is 0.300 e. The largest absolute Gasteiger partial charge is 0.457 e. The molecule has 0 aromatic carbocycles. The van der Waals surface area contributed by atoms with Gasteiger partial charge in [0, 0.05) is 49.5 Å². The number of halogens is 2. The Balaban J connectivity index is 0.00000225. The molecule has 10 heteroatoms. The molecule has 4 fully saturated rings. The topological polar surface area (TPSA) is 48.5 Å². The zero-order valence-corrected chi connectivity index (χ0v) is 19.2. The maximum atomic E-state index is 12.6. The van der Waals surface area contributed by atoms with E-state index >= 15 is 0 Å². The van der Waals surface area contributed by atoms with Crippen LogP contribution in [0, 0.1) is 0 Å². The Morgan fingerprint density at radius 2 is 0.964 bits per heavy atom. The highest BCUT2D eigenvalue weighted by molar-refractivity contribution is 7.81. The standard InChI is InChI=1S/C18H34ClN4O3P.ClH/c19-27(24,25-22-13-5-17(6-14-22)20-9-1-2-10-20)26-23-15-7-18(8-16-23)21-11-3-4-12-21;/h17-18H,1-16H2;1H. The predicted molar refractivity (Wildman–Crippen MR) is 114 cm³/mol. The highest BCUT2D eigenvalue weighted by Crippen LogP contribution is 2.55. The van der Waals surface area contributed by atoms with Crippen LogP contribution in [0.1, 0.15) is 51.4 Å². The summed E-state index contributed by atoms with van der Waals surface area (Å²) in [7, 11) is 0. The Kier molecular flexibility index (Phi) is 8.91. The molecule has 0 saturated carbocycles. The Bertz CT molecular complexity index is 477. The van der Waals surface area contributed by atoms with Crippen LogP contribution < -0.4 is 0 Å². The summed E-state index contributed by atoms with van der Waals surface area (Å²) in [6.45, 7) is 4.30. The molecular weight excluding hydrogens is 422 g/mol. The van der Waals surface area contributed by atoms with Crippen molar-refractivity contribution in [1.82, 2.24) is 19.9 Å². The average Bonchev–Trinajstić information content (AvgIpc) is 3.36. The van der Waals surface area contributed by atoms with Gasteiger partial charge in [-0.3, -0.25) is 0 Å². The van der Waals surface area contributed by atoms with E-state index in [9.17, 15) is 4.57 Å². The van der Waals surface area contributed by atoms with E-state index in [1.54, 1.807) is 10.1 Å². The number of hydrogen-bond acceptors (Lipinski definition) is 7. The normalized spacial score (nSPS) is 28.0. The van der Waals surface area contributed by atoms with Crippen LogP contribution in [-0.2, 0) is 13.8 Å². The lowest BCUT2D eigenvalue weighted by molar-refractivity contribution is -0.137. The van der Waals surface area contributed by atoms with Crippen molar-refractivity contribution in [2.24, 2.45) is 0 Å². The van der Waals surface area contributed by atoms with Gasteiger partial charge in [0.25, 0.3) is 0 Å². The molecule has 0 unspecified atom stereocenters. The molecule has 4 heterocycles. The number of rotatable bonds is 6. The third kappa shape index (κ3) is 6.29. The van der Waals surface area contributed by atoms with Crippen LogP contribution in [0.4, 0.5) is 0 Å². The zero-order chi connectivity index (χ0) is 18.7. The highest BCUT2D eigenvalue weighted by Gasteiger charge is 2.35. The van der Waals surface area contributed by atoms with Crippen molar-refractivity contribution in [2.75, 3.05) is 52.4 Å². The molecule has 0 radical (unpaired) electrons. The lowest BCUT2D eigenvalue weighted by Gasteiger charge is -2.38. The van der Waals surface area contributed by atoms with E-state index < -0.39 is 6.95 Å². The molecule has 0 aromatic rings. The molecule has 28 heavy (non-hydrogen) atoms. The molecule has 0 N–H and O–H groups in total. The first-order chi connectivity index (χ1) is 13.1. The van der Waals surface area contributed by atoms with Crippen molar-refractivity contribution < 1.29 is 13.8 Å². The summed E-state index contributed by atoms with van der Waals surface area (Å²) in [5, 5.41) is 3.49. The van der Waals surface area contributed by atoms with Crippen LogP contribution in [0.5, 0.6) is 0 Å². The predicted octanol–water partition coefficient (Wildman–Crippen LogP) is 3.74. The lowest BCUT2D eigenvalue weighted by atomic mass is 10.1. The molecule has 4 rings (SSSR count). The van der Waals surface area contributed by atoms with Crippen LogP contribution in [0.3, 0.4) is 0 Å². The maximum absolute atomic E-state index is 12.6. The quantitative estimate of drug-likeness (QED) is 0.564. The first-order valence-corrected chi connectivity index (χ1v) is 13.2. The summed E-state index contributed by atoms with van der Waals surface area (Å²) in [6, 6.07) is 1.26. The summed E-state index contributed by atoms with van der Waals surface area (Å²) in [5.74, 6) is 0. The minimum Gasteiger partial charge on any atom is -0.300 e. The van der Waals surface area contributed by atoms with Gasteiger partial charge in [-0.05, 0) is 77.5 Å². The van der Waals surface area contributed by atoms with Crippen molar-refractivity contribution >= 4 is 30.6 Å². The Hall–Kier alpha value is 0.570. The molecule has 0 atom stereocenters. The first kappa shape index (κ1) is 23.2. The van der Waals surface area contributed by atoms with Gasteiger partial charge in [0.1, 0.15) is 0 Å². The van der Waals surface area contributed by atoms with Gasteiger partial charge in [-0.1, -0.05) is 0 Å². The Labute approximate surface area is 180 Å². The van der Waals surface area contributed by atoms with Crippen LogP contribution in [0.15, 0.2) is 0 Å². The summed E-state index contributed by atoms with van der Waals surface area (Å²) in [5.41, 5.74) is 0. The molecule has 0 bridgehead atoms. The van der Waals surface area contributed by atoms with Gasteiger partial charge in [-0.15, -0.1) is 12.4 Å². The number of piperidine rings is 2. The van der Waals surface area contributed by atoms with Crippen LogP contribution in [0.25, 0.3) is 0 Å². The minimum absolute atomic E-state index is 0. The van der Waals surface area contributed by atoms with E-state index in [0.29, 0.717) is 12.1 Å². The maximum Gasteiger partial charge on any atom is 0.457 e. The Morgan fingerprint density at radius 3 is 1.29 bits per heavy atom. The summed E-state index contributed by atoms with van der Waals surface area (Å²) >= 11 is 6.14. The van der Waals surface area contributed by atoms with Gasteiger partial charge in [-0.25, -0.2) is 13.8 Å². The number of nitrogens with zero attached hydrogens (tertiary/aromatic N) is 4. The van der Waals surface area contributed by atoms with Crippen molar-refractivity contribution in [2.45, 2.75) is 63.5 Å². The molecule has 0 spiro atoms. The molecular formula is C18H35Cl2N4O3P. The van der Waals surface area contributed by atoms with Crippen LogP contribution in [0.2, 0.25) is 0 Å². The summed E-state index contributed by atoms with van der Waals surface area (Å²) < 4.78 is 23.8. The van der Waals surface area contributed by atoms with Gasteiger partial charge in [0.15, 0.2) is 0 Å². The number of likely N-dealkylation sites (tertiary alicyclic amines) is 2. The fourth-order valence-corrected chi connectivity index (χ4v) is 6.51. The third-order valence-electron chi connectivity index (χ3n) is 6.59. The number of hydrogen-bond donors (Lipinski definition) is 0. The van der Waals surface area contributed by atoms with E-state index in [1.807, 2.05) is 0 Å². The van der Waals surface area contributed by atoms with Crippen molar-refractivity contribution in [3.63, 3.8) is 0 Å². The molecule has 7 nitrogen and oxygen atoms in total. The van der Waals surface area contributed by atoms with E-state index in [-0.39, 0.29) is 12.4 Å². The van der Waals surface area contributed by atoms with Gasteiger partial charge in [0.2, 0.25) is 0 Å². The molecule has 0 aromatic heterocycles. The highest BCUT2D eigenvalue weighted by atomic mass is 35.7. The average molecular weight is 457 g/mol. The second-order valence-corrected chi connectivity index (χ2v) is 10.8. The van der Waals surface area contributed by atoms with E-state index in [0.717, 1.165) is 51.9 Å².